The van der Waals surface area contributed by atoms with Crippen LogP contribution >= 0.6 is 23.5 Å². The van der Waals surface area contributed by atoms with Gasteiger partial charge in [0.05, 0.1) is 5.71 Å². The van der Waals surface area contributed by atoms with E-state index in [0.29, 0.717) is 5.02 Å². The van der Waals surface area contributed by atoms with E-state index in [0.717, 1.165) is 28.2 Å². The Kier molecular flexibility index (Phi) is 3.68. The molecule has 0 spiro atoms. The van der Waals surface area contributed by atoms with Crippen molar-refractivity contribution in [1.82, 2.24) is 4.41 Å². The fourth-order valence-corrected chi connectivity index (χ4v) is 3.02. The molecule has 1 aliphatic heterocycles. The van der Waals surface area contributed by atoms with Gasteiger partial charge in [-0.25, -0.2) is 8.80 Å². The molecule has 0 unspecified atom stereocenters. The lowest BCUT2D eigenvalue weighted by Crippen LogP contribution is -2.09. The van der Waals surface area contributed by atoms with Gasteiger partial charge in [-0.05, 0) is 41.8 Å². The molecule has 1 heterocycles. The van der Waals surface area contributed by atoms with Crippen LogP contribution < -0.4 is 0 Å². The summed E-state index contributed by atoms with van der Waals surface area (Å²) in [6, 6.07) is 12.2. The smallest absolute Gasteiger partial charge is 0.123 e. The first-order chi connectivity index (χ1) is 9.63. The van der Waals surface area contributed by atoms with Crippen molar-refractivity contribution in [3.63, 3.8) is 0 Å². The second kappa shape index (κ2) is 5.46. The van der Waals surface area contributed by atoms with Gasteiger partial charge in [0, 0.05) is 29.0 Å². The van der Waals surface area contributed by atoms with E-state index in [1.807, 2.05) is 31.3 Å². The Morgan fingerprint density at radius 3 is 2.90 bits per heavy atom. The predicted molar refractivity (Wildman–Crippen MR) is 82.5 cm³/mol. The molecular formula is C15H12ClFN2S. The highest BCUT2D eigenvalue weighted by Gasteiger charge is 2.18. The largest absolute Gasteiger partial charge is 0.241 e. The number of benzene rings is 2. The van der Waals surface area contributed by atoms with E-state index in [1.54, 1.807) is 22.4 Å². The number of nitrogens with zero attached hydrogens (tertiary/aromatic N) is 2. The number of rotatable bonds is 1. The summed E-state index contributed by atoms with van der Waals surface area (Å²) < 4.78 is 15.3. The molecule has 102 valence electrons. The van der Waals surface area contributed by atoms with Crippen LogP contribution in [0.15, 0.2) is 47.6 Å². The number of halogens is 2. The second-order valence-corrected chi connectivity index (χ2v) is 6.01. The molecule has 5 heteroatoms. The molecule has 3 rings (SSSR count). The van der Waals surface area contributed by atoms with Crippen LogP contribution in [0.3, 0.4) is 0 Å². The zero-order valence-electron chi connectivity index (χ0n) is 10.8. The molecule has 2 aromatic rings. The lowest BCUT2D eigenvalue weighted by molar-refractivity contribution is 0.615. The van der Waals surface area contributed by atoms with E-state index in [1.165, 1.54) is 12.1 Å². The molecule has 2 aromatic carbocycles. The van der Waals surface area contributed by atoms with Crippen molar-refractivity contribution in [2.24, 2.45) is 5.10 Å². The van der Waals surface area contributed by atoms with Gasteiger partial charge in [-0.2, -0.15) is 5.10 Å². The standard InChI is InChI=1S/C15H12ClFN2S/c1-19-18-15(10-3-2-4-13(17)7-10)14-8-12(16)6-5-11(14)9-20-19/h2-8H,9H2,1H3. The average Bonchev–Trinajstić information content (AvgIpc) is 2.58. The quantitative estimate of drug-likeness (QED) is 0.729. The van der Waals surface area contributed by atoms with E-state index < -0.39 is 0 Å². The molecule has 0 saturated carbocycles. The summed E-state index contributed by atoms with van der Waals surface area (Å²) in [6.45, 7) is 0. The Balaban J connectivity index is 2.19. The molecule has 0 amide bonds. The summed E-state index contributed by atoms with van der Waals surface area (Å²) in [4.78, 5) is 0. The molecule has 0 radical (unpaired) electrons. The molecule has 0 aliphatic carbocycles. The Hall–Kier alpha value is -1.52. The van der Waals surface area contributed by atoms with Gasteiger partial charge in [-0.3, -0.25) is 0 Å². The third-order valence-electron chi connectivity index (χ3n) is 3.07. The van der Waals surface area contributed by atoms with Gasteiger partial charge in [0.1, 0.15) is 5.82 Å². The molecule has 0 fully saturated rings. The molecule has 1 aliphatic rings. The van der Waals surface area contributed by atoms with Crippen molar-refractivity contribution in [2.75, 3.05) is 7.05 Å². The van der Waals surface area contributed by atoms with Gasteiger partial charge in [0.2, 0.25) is 0 Å². The first kappa shape index (κ1) is 13.5. The first-order valence-corrected chi connectivity index (χ1v) is 7.45. The SMILES string of the molecule is CN1N=C(c2cccc(F)c2)c2cc(Cl)ccc2CS1. The predicted octanol–water partition coefficient (Wildman–Crippen LogP) is 4.33. The zero-order valence-corrected chi connectivity index (χ0v) is 12.4. The molecule has 0 bridgehead atoms. The topological polar surface area (TPSA) is 15.6 Å². The lowest BCUT2D eigenvalue weighted by atomic mass is 9.98. The van der Waals surface area contributed by atoms with Crippen LogP contribution in [0, 0.1) is 5.82 Å². The van der Waals surface area contributed by atoms with Crippen LogP contribution in [-0.4, -0.2) is 17.2 Å². The van der Waals surface area contributed by atoms with Gasteiger partial charge in [-0.1, -0.05) is 29.8 Å². The fraction of sp³-hybridized carbons (Fsp3) is 0.133. The molecule has 20 heavy (non-hydrogen) atoms. The maximum atomic E-state index is 13.5. The Morgan fingerprint density at radius 2 is 2.10 bits per heavy atom. The van der Waals surface area contributed by atoms with Gasteiger partial charge in [0.15, 0.2) is 0 Å². The third-order valence-corrected chi connectivity index (χ3v) is 4.20. The molecule has 0 atom stereocenters. The second-order valence-electron chi connectivity index (χ2n) is 4.50. The van der Waals surface area contributed by atoms with Crippen LogP contribution in [0.5, 0.6) is 0 Å². The summed E-state index contributed by atoms with van der Waals surface area (Å²) >= 11 is 7.70. The van der Waals surface area contributed by atoms with Crippen LogP contribution in [0.4, 0.5) is 4.39 Å². The molecule has 0 saturated heterocycles. The lowest BCUT2D eigenvalue weighted by Gasteiger charge is -2.11. The van der Waals surface area contributed by atoms with E-state index >= 15 is 0 Å². The van der Waals surface area contributed by atoms with Crippen LogP contribution in [0.25, 0.3) is 0 Å². The Morgan fingerprint density at radius 1 is 1.25 bits per heavy atom. The van der Waals surface area contributed by atoms with Gasteiger partial charge < -0.3 is 0 Å². The highest BCUT2D eigenvalue weighted by atomic mass is 35.5. The highest BCUT2D eigenvalue weighted by molar-refractivity contribution is 7.96. The van der Waals surface area contributed by atoms with Crippen LogP contribution in [0.2, 0.25) is 5.02 Å². The Bertz CT molecular complexity index is 687. The van der Waals surface area contributed by atoms with E-state index in [2.05, 4.69) is 5.10 Å². The molecule has 0 N–H and O–H groups in total. The maximum Gasteiger partial charge on any atom is 0.123 e. The van der Waals surface area contributed by atoms with E-state index in [-0.39, 0.29) is 5.82 Å². The normalized spacial score (nSPS) is 14.6. The van der Waals surface area contributed by atoms with Gasteiger partial charge >= 0.3 is 0 Å². The summed E-state index contributed by atoms with van der Waals surface area (Å²) in [5.74, 6) is 0.541. The summed E-state index contributed by atoms with van der Waals surface area (Å²) in [6.07, 6.45) is 0. The number of hydrogen-bond acceptors (Lipinski definition) is 3. The third kappa shape index (κ3) is 2.67. The van der Waals surface area contributed by atoms with Crippen molar-refractivity contribution in [3.05, 3.63) is 70.0 Å². The van der Waals surface area contributed by atoms with Crippen LogP contribution in [0.1, 0.15) is 16.7 Å². The highest BCUT2D eigenvalue weighted by Crippen LogP contribution is 2.28. The fourth-order valence-electron chi connectivity index (χ4n) is 2.13. The first-order valence-electron chi connectivity index (χ1n) is 6.13. The van der Waals surface area contributed by atoms with Crippen molar-refractivity contribution in [3.8, 4) is 0 Å². The van der Waals surface area contributed by atoms with Crippen LogP contribution in [-0.2, 0) is 5.75 Å². The van der Waals surface area contributed by atoms with Gasteiger partial charge in [0.25, 0.3) is 0 Å². The minimum atomic E-state index is -0.270. The number of fused-ring (bicyclic) bond motifs is 1. The summed E-state index contributed by atoms with van der Waals surface area (Å²) in [5, 5.41) is 5.21. The summed E-state index contributed by atoms with van der Waals surface area (Å²) in [7, 11) is 1.89. The van der Waals surface area contributed by atoms with E-state index in [9.17, 15) is 4.39 Å². The minimum Gasteiger partial charge on any atom is -0.241 e. The molecular weight excluding hydrogens is 295 g/mol. The van der Waals surface area contributed by atoms with Crippen molar-refractivity contribution in [1.29, 1.82) is 0 Å². The molecule has 0 aromatic heterocycles. The van der Waals surface area contributed by atoms with Crippen molar-refractivity contribution >= 4 is 29.3 Å². The average molecular weight is 307 g/mol. The van der Waals surface area contributed by atoms with E-state index in [4.69, 9.17) is 11.6 Å². The van der Waals surface area contributed by atoms with Crippen molar-refractivity contribution in [2.45, 2.75) is 5.75 Å². The van der Waals surface area contributed by atoms with Gasteiger partial charge in [-0.15, -0.1) is 0 Å². The molecule has 2 nitrogen and oxygen atoms in total. The summed E-state index contributed by atoms with van der Waals surface area (Å²) in [5.41, 5.74) is 3.60. The Labute approximate surface area is 126 Å². The number of hydrazone groups is 1. The van der Waals surface area contributed by atoms with Crippen molar-refractivity contribution < 1.29 is 4.39 Å². The monoisotopic (exact) mass is 306 g/mol. The maximum absolute atomic E-state index is 13.5. The number of hydrogen-bond donors (Lipinski definition) is 0. The zero-order chi connectivity index (χ0) is 14.1. The minimum absolute atomic E-state index is 0.270.